The Morgan fingerprint density at radius 3 is 2.88 bits per heavy atom. The van der Waals surface area contributed by atoms with Crippen molar-refractivity contribution in [2.75, 3.05) is 25.1 Å². The molecule has 2 rings (SSSR count). The maximum Gasteiger partial charge on any atom is 0.338 e. The maximum absolute atomic E-state index is 10.6. The largest absolute Gasteiger partial charge is 0.478 e. The quantitative estimate of drug-likeness (QED) is 0.795. The van der Waals surface area contributed by atoms with Gasteiger partial charge in [-0.1, -0.05) is 0 Å². The zero-order valence-corrected chi connectivity index (χ0v) is 9.43. The van der Waals surface area contributed by atoms with E-state index in [2.05, 4.69) is 15.3 Å². The molecule has 0 aromatic carbocycles. The van der Waals surface area contributed by atoms with E-state index < -0.39 is 5.97 Å². The number of carboxylic acids is 1. The zero-order chi connectivity index (χ0) is 12.1. The van der Waals surface area contributed by atoms with Gasteiger partial charge in [-0.3, -0.25) is 0 Å². The van der Waals surface area contributed by atoms with Crippen molar-refractivity contribution in [3.63, 3.8) is 0 Å². The van der Waals surface area contributed by atoms with Crippen molar-refractivity contribution >= 4 is 11.9 Å². The van der Waals surface area contributed by atoms with Crippen LogP contribution >= 0.6 is 0 Å². The van der Waals surface area contributed by atoms with Gasteiger partial charge >= 0.3 is 5.97 Å². The summed E-state index contributed by atoms with van der Waals surface area (Å²) in [7, 11) is 0. The van der Waals surface area contributed by atoms with Gasteiger partial charge in [-0.15, -0.1) is 0 Å². The monoisotopic (exact) mass is 237 g/mol. The highest BCUT2D eigenvalue weighted by Crippen LogP contribution is 2.15. The van der Waals surface area contributed by atoms with Crippen molar-refractivity contribution in [3.8, 4) is 0 Å². The van der Waals surface area contributed by atoms with Gasteiger partial charge in [0, 0.05) is 32.2 Å². The minimum atomic E-state index is -1.01. The van der Waals surface area contributed by atoms with E-state index in [1.807, 2.05) is 0 Å². The van der Waals surface area contributed by atoms with Crippen LogP contribution in [0, 0.1) is 5.92 Å². The molecule has 0 amide bonds. The van der Waals surface area contributed by atoms with E-state index >= 15 is 0 Å². The molecular formula is C11H15N3O3. The van der Waals surface area contributed by atoms with Crippen LogP contribution in [0.15, 0.2) is 12.4 Å². The molecule has 17 heavy (non-hydrogen) atoms. The topological polar surface area (TPSA) is 84.3 Å². The van der Waals surface area contributed by atoms with Gasteiger partial charge in [-0.25, -0.2) is 14.8 Å². The number of nitrogens with one attached hydrogen (secondary N) is 1. The average molecular weight is 237 g/mol. The average Bonchev–Trinajstić information content (AvgIpc) is 2.83. The van der Waals surface area contributed by atoms with Gasteiger partial charge in [-0.05, 0) is 18.8 Å². The summed E-state index contributed by atoms with van der Waals surface area (Å²) in [4.78, 5) is 18.4. The summed E-state index contributed by atoms with van der Waals surface area (Å²) in [6, 6.07) is 0. The molecule has 6 heteroatoms. The van der Waals surface area contributed by atoms with Gasteiger partial charge < -0.3 is 15.2 Å². The van der Waals surface area contributed by atoms with E-state index in [0.717, 1.165) is 32.6 Å². The molecule has 1 aliphatic heterocycles. The fourth-order valence-corrected chi connectivity index (χ4v) is 1.73. The van der Waals surface area contributed by atoms with Gasteiger partial charge in [0.2, 0.25) is 5.95 Å². The highest BCUT2D eigenvalue weighted by molar-refractivity contribution is 5.86. The summed E-state index contributed by atoms with van der Waals surface area (Å²) in [5, 5.41) is 11.7. The summed E-state index contributed by atoms with van der Waals surface area (Å²) in [5.74, 6) is 0.0642. The van der Waals surface area contributed by atoms with Crippen LogP contribution in [0.1, 0.15) is 23.2 Å². The van der Waals surface area contributed by atoms with Gasteiger partial charge in [0.25, 0.3) is 0 Å². The smallest absolute Gasteiger partial charge is 0.338 e. The first-order valence-corrected chi connectivity index (χ1v) is 5.62. The summed E-state index contributed by atoms with van der Waals surface area (Å²) < 4.78 is 5.28. The fourth-order valence-electron chi connectivity index (χ4n) is 1.73. The van der Waals surface area contributed by atoms with Crippen molar-refractivity contribution in [1.82, 2.24) is 9.97 Å². The molecule has 6 nitrogen and oxygen atoms in total. The molecule has 2 N–H and O–H groups in total. The molecular weight excluding hydrogens is 222 g/mol. The Hall–Kier alpha value is -1.69. The van der Waals surface area contributed by atoms with Crippen LogP contribution in [0.5, 0.6) is 0 Å². The molecule has 0 spiro atoms. The molecule has 0 radical (unpaired) electrons. The van der Waals surface area contributed by atoms with Crippen LogP contribution in [-0.2, 0) is 4.74 Å². The number of anilines is 1. The van der Waals surface area contributed by atoms with Crippen LogP contribution in [0.4, 0.5) is 5.95 Å². The van der Waals surface area contributed by atoms with E-state index in [1.54, 1.807) is 0 Å². The number of rotatable bonds is 5. The van der Waals surface area contributed by atoms with Crippen LogP contribution < -0.4 is 5.32 Å². The van der Waals surface area contributed by atoms with Gasteiger partial charge in [0.15, 0.2) is 0 Å². The Bertz CT molecular complexity index is 374. The van der Waals surface area contributed by atoms with E-state index in [1.165, 1.54) is 12.4 Å². The van der Waals surface area contributed by atoms with E-state index in [9.17, 15) is 4.79 Å². The van der Waals surface area contributed by atoms with Crippen LogP contribution in [0.25, 0.3) is 0 Å². The third-order valence-electron chi connectivity index (χ3n) is 2.76. The first-order chi connectivity index (χ1) is 8.25. The number of ether oxygens (including phenoxy) is 1. The lowest BCUT2D eigenvalue weighted by Gasteiger charge is -2.08. The molecule has 0 bridgehead atoms. The number of aromatic carboxylic acids is 1. The predicted octanol–water partition coefficient (Wildman–Crippen LogP) is 1.01. The number of aromatic nitrogens is 2. The number of carbonyl (C=O) groups is 1. The SMILES string of the molecule is O=C(O)c1cnc(NCCC2CCOC2)nc1. The molecule has 92 valence electrons. The fraction of sp³-hybridized carbons (Fsp3) is 0.545. The molecule has 2 heterocycles. The summed E-state index contributed by atoms with van der Waals surface area (Å²) >= 11 is 0. The standard InChI is InChI=1S/C11H15N3O3/c15-10(16)9-5-13-11(14-6-9)12-3-1-8-2-4-17-7-8/h5-6,8H,1-4,7H2,(H,15,16)(H,12,13,14). The lowest BCUT2D eigenvalue weighted by molar-refractivity contribution is 0.0696. The molecule has 0 aliphatic carbocycles. The van der Waals surface area contributed by atoms with Crippen LogP contribution in [-0.4, -0.2) is 40.8 Å². The molecule has 1 atom stereocenters. The van der Waals surface area contributed by atoms with E-state index in [-0.39, 0.29) is 5.56 Å². The molecule has 1 fully saturated rings. The number of hydrogen-bond acceptors (Lipinski definition) is 5. The second kappa shape index (κ2) is 5.58. The molecule has 1 aliphatic rings. The number of hydrogen-bond donors (Lipinski definition) is 2. The first-order valence-electron chi connectivity index (χ1n) is 5.62. The first kappa shape index (κ1) is 11.8. The van der Waals surface area contributed by atoms with E-state index in [0.29, 0.717) is 11.9 Å². The third-order valence-corrected chi connectivity index (χ3v) is 2.76. The summed E-state index contributed by atoms with van der Waals surface area (Å²) in [6.45, 7) is 2.47. The molecule has 1 saturated heterocycles. The third kappa shape index (κ3) is 3.39. The van der Waals surface area contributed by atoms with Gasteiger partial charge in [0.1, 0.15) is 0 Å². The Kier molecular flexibility index (Phi) is 3.87. The van der Waals surface area contributed by atoms with Crippen LogP contribution in [0.3, 0.4) is 0 Å². The second-order valence-corrected chi connectivity index (χ2v) is 4.05. The molecule has 1 unspecified atom stereocenters. The minimum absolute atomic E-state index is 0.0970. The van der Waals surface area contributed by atoms with Crippen molar-refractivity contribution in [2.24, 2.45) is 5.92 Å². The maximum atomic E-state index is 10.6. The number of carboxylic acid groups (broad SMARTS) is 1. The Morgan fingerprint density at radius 2 is 2.29 bits per heavy atom. The summed E-state index contributed by atoms with van der Waals surface area (Å²) in [5.41, 5.74) is 0.0970. The minimum Gasteiger partial charge on any atom is -0.478 e. The highest BCUT2D eigenvalue weighted by atomic mass is 16.5. The Labute approximate surface area is 99.0 Å². The highest BCUT2D eigenvalue weighted by Gasteiger charge is 2.14. The van der Waals surface area contributed by atoms with Crippen molar-refractivity contribution in [2.45, 2.75) is 12.8 Å². The number of nitrogens with zero attached hydrogens (tertiary/aromatic N) is 2. The normalized spacial score (nSPS) is 19.2. The van der Waals surface area contributed by atoms with E-state index in [4.69, 9.17) is 9.84 Å². The van der Waals surface area contributed by atoms with Crippen molar-refractivity contribution in [1.29, 1.82) is 0 Å². The summed E-state index contributed by atoms with van der Waals surface area (Å²) in [6.07, 6.45) is 4.73. The molecule has 1 aromatic rings. The van der Waals surface area contributed by atoms with Crippen molar-refractivity contribution in [3.05, 3.63) is 18.0 Å². The van der Waals surface area contributed by atoms with Gasteiger partial charge in [0.05, 0.1) is 5.56 Å². The molecule has 0 saturated carbocycles. The lowest BCUT2D eigenvalue weighted by atomic mass is 10.1. The Balaban J connectivity index is 1.76. The van der Waals surface area contributed by atoms with Crippen molar-refractivity contribution < 1.29 is 14.6 Å². The predicted molar refractivity (Wildman–Crippen MR) is 61.0 cm³/mol. The second-order valence-electron chi connectivity index (χ2n) is 4.05. The van der Waals surface area contributed by atoms with Crippen LogP contribution in [0.2, 0.25) is 0 Å². The molecule has 1 aromatic heterocycles. The lowest BCUT2D eigenvalue weighted by Crippen LogP contribution is -2.11. The zero-order valence-electron chi connectivity index (χ0n) is 9.43. The Morgan fingerprint density at radius 1 is 1.53 bits per heavy atom. The van der Waals surface area contributed by atoms with Gasteiger partial charge in [-0.2, -0.15) is 0 Å².